The number of benzene rings is 3. The number of alkyl halides is 3. The van der Waals surface area contributed by atoms with Crippen LogP contribution in [0.25, 0.3) is 11.1 Å². The summed E-state index contributed by atoms with van der Waals surface area (Å²) >= 11 is 0. The molecular weight excluding hydrogens is 473 g/mol. The van der Waals surface area contributed by atoms with E-state index in [0.29, 0.717) is 12.1 Å². The molecule has 5 nitrogen and oxygen atoms in total. The fraction of sp³-hybridized carbons (Fsp3) is 0.200. The molecule has 0 aliphatic heterocycles. The van der Waals surface area contributed by atoms with Gasteiger partial charge in [-0.15, -0.1) is 0 Å². The van der Waals surface area contributed by atoms with Gasteiger partial charge in [-0.25, -0.2) is 18.4 Å². The summed E-state index contributed by atoms with van der Waals surface area (Å²) in [7, 11) is 0. The molecule has 2 N–H and O–H groups in total. The van der Waals surface area contributed by atoms with Crippen LogP contribution in [0.1, 0.15) is 28.2 Å². The predicted octanol–water partition coefficient (Wildman–Crippen LogP) is 5.52. The van der Waals surface area contributed by atoms with Crippen LogP contribution < -0.4 is 5.32 Å². The van der Waals surface area contributed by atoms with Gasteiger partial charge in [0, 0.05) is 12.3 Å². The molecule has 0 saturated heterocycles. The smallest absolute Gasteiger partial charge is 0.419 e. The molecule has 1 unspecified atom stereocenters. The van der Waals surface area contributed by atoms with Gasteiger partial charge in [0.1, 0.15) is 12.6 Å². The molecule has 3 aromatic rings. The van der Waals surface area contributed by atoms with Crippen LogP contribution in [0.4, 0.5) is 26.7 Å². The number of amides is 1. The van der Waals surface area contributed by atoms with E-state index in [4.69, 9.17) is 4.74 Å². The van der Waals surface area contributed by atoms with Gasteiger partial charge in [0.2, 0.25) is 0 Å². The van der Waals surface area contributed by atoms with Gasteiger partial charge < -0.3 is 15.2 Å². The lowest BCUT2D eigenvalue weighted by Gasteiger charge is -2.18. The van der Waals surface area contributed by atoms with Crippen LogP contribution >= 0.6 is 0 Å². The van der Waals surface area contributed by atoms with Crippen molar-refractivity contribution in [3.8, 4) is 11.1 Å². The molecule has 1 aliphatic rings. The van der Waals surface area contributed by atoms with E-state index in [-0.39, 0.29) is 12.5 Å². The third-order valence-electron chi connectivity index (χ3n) is 5.83. The van der Waals surface area contributed by atoms with Crippen molar-refractivity contribution in [3.63, 3.8) is 0 Å². The molecular formula is C25H18F5NO4. The van der Waals surface area contributed by atoms with Crippen LogP contribution in [0.2, 0.25) is 0 Å². The molecule has 0 saturated carbocycles. The number of carboxylic acids is 1. The van der Waals surface area contributed by atoms with Gasteiger partial charge in [-0.2, -0.15) is 13.2 Å². The number of hydrogen-bond acceptors (Lipinski definition) is 3. The number of halogens is 5. The average Bonchev–Trinajstić information content (AvgIpc) is 3.13. The fourth-order valence-electron chi connectivity index (χ4n) is 4.17. The van der Waals surface area contributed by atoms with Gasteiger partial charge in [-0.1, -0.05) is 54.6 Å². The fourth-order valence-corrected chi connectivity index (χ4v) is 4.17. The van der Waals surface area contributed by atoms with Crippen LogP contribution in [0.3, 0.4) is 0 Å². The van der Waals surface area contributed by atoms with Crippen molar-refractivity contribution in [2.24, 2.45) is 0 Å². The Morgan fingerprint density at radius 1 is 0.914 bits per heavy atom. The topological polar surface area (TPSA) is 75.6 Å². The first-order chi connectivity index (χ1) is 16.6. The van der Waals surface area contributed by atoms with E-state index in [9.17, 15) is 36.6 Å². The monoisotopic (exact) mass is 491 g/mol. The van der Waals surface area contributed by atoms with Gasteiger partial charge in [-0.05, 0) is 33.9 Å². The molecule has 35 heavy (non-hydrogen) atoms. The van der Waals surface area contributed by atoms with Gasteiger partial charge in [0.15, 0.2) is 11.6 Å². The summed E-state index contributed by atoms with van der Waals surface area (Å²) in [5.74, 6) is -5.86. The number of alkyl carbamates (subject to hydrolysis) is 1. The Hall–Kier alpha value is -3.95. The maximum absolute atomic E-state index is 14.2. The molecule has 1 atom stereocenters. The van der Waals surface area contributed by atoms with E-state index < -0.39 is 53.5 Å². The quantitative estimate of drug-likeness (QED) is 0.446. The number of fused-ring (bicyclic) bond motifs is 3. The summed E-state index contributed by atoms with van der Waals surface area (Å²) in [6, 6.07) is 14.3. The number of ether oxygens (including phenoxy) is 1. The number of carboxylic acid groups (broad SMARTS) is 1. The second kappa shape index (κ2) is 9.36. The summed E-state index contributed by atoms with van der Waals surface area (Å²) in [4.78, 5) is 23.9. The molecule has 10 heteroatoms. The number of carbonyl (C=O) groups is 2. The van der Waals surface area contributed by atoms with E-state index in [1.165, 1.54) is 0 Å². The highest BCUT2D eigenvalue weighted by atomic mass is 19.4. The highest BCUT2D eigenvalue weighted by Gasteiger charge is 2.36. The number of aliphatic carboxylic acids is 1. The van der Waals surface area contributed by atoms with Crippen LogP contribution in [-0.4, -0.2) is 29.8 Å². The summed E-state index contributed by atoms with van der Waals surface area (Å²) in [5.41, 5.74) is 1.38. The maximum Gasteiger partial charge on any atom is 0.419 e. The lowest BCUT2D eigenvalue weighted by Crippen LogP contribution is -2.43. The van der Waals surface area contributed by atoms with E-state index in [2.05, 4.69) is 5.32 Å². The lowest BCUT2D eigenvalue weighted by atomic mass is 9.98. The minimum absolute atomic E-state index is 0.116. The average molecular weight is 491 g/mol. The second-order valence-electron chi connectivity index (χ2n) is 7.96. The molecule has 1 amide bonds. The number of rotatable bonds is 6. The Morgan fingerprint density at radius 2 is 1.49 bits per heavy atom. The Labute approximate surface area is 196 Å². The summed E-state index contributed by atoms with van der Waals surface area (Å²) in [5, 5.41) is 11.5. The highest BCUT2D eigenvalue weighted by molar-refractivity contribution is 5.81. The first-order valence-electron chi connectivity index (χ1n) is 10.5. The Bertz CT molecular complexity index is 1250. The summed E-state index contributed by atoms with van der Waals surface area (Å²) < 4.78 is 71.5. The third-order valence-corrected chi connectivity index (χ3v) is 5.83. The standard InChI is InChI=1S/C25H18F5NO4/c26-21-13(9-10-19(22(21)27)25(28,29)30)11-20(23(32)33)31-24(34)35-12-18-16-7-3-1-5-14(16)15-6-2-4-8-17(15)18/h1-10,18,20H,11-12H2,(H,31,34)(H,32,33). The Morgan fingerprint density at radius 3 is 2.03 bits per heavy atom. The van der Waals surface area contributed by atoms with Crippen molar-refractivity contribution in [1.82, 2.24) is 5.32 Å². The van der Waals surface area contributed by atoms with Crippen LogP contribution in [0.15, 0.2) is 60.7 Å². The Kier molecular flexibility index (Phi) is 6.47. The molecule has 3 aromatic carbocycles. The van der Waals surface area contributed by atoms with E-state index in [1.54, 1.807) is 0 Å². The van der Waals surface area contributed by atoms with Crippen molar-refractivity contribution in [1.29, 1.82) is 0 Å². The van der Waals surface area contributed by atoms with Crippen LogP contribution in [0, 0.1) is 11.6 Å². The minimum Gasteiger partial charge on any atom is -0.480 e. The summed E-state index contributed by atoms with van der Waals surface area (Å²) in [6.07, 6.45) is -7.03. The first-order valence-corrected chi connectivity index (χ1v) is 10.5. The lowest BCUT2D eigenvalue weighted by molar-refractivity contribution is -0.141. The van der Waals surface area contributed by atoms with Crippen molar-refractivity contribution >= 4 is 12.1 Å². The zero-order valence-corrected chi connectivity index (χ0v) is 17.9. The molecule has 0 spiro atoms. The Balaban J connectivity index is 1.46. The third kappa shape index (κ3) is 4.82. The molecule has 4 rings (SSSR count). The second-order valence-corrected chi connectivity index (χ2v) is 7.96. The molecule has 182 valence electrons. The molecule has 0 radical (unpaired) electrons. The van der Waals surface area contributed by atoms with Crippen molar-refractivity contribution in [2.75, 3.05) is 6.61 Å². The van der Waals surface area contributed by atoms with Gasteiger partial charge >= 0.3 is 18.2 Å². The number of hydrogen-bond donors (Lipinski definition) is 2. The largest absolute Gasteiger partial charge is 0.480 e. The molecule has 0 fully saturated rings. The zero-order valence-electron chi connectivity index (χ0n) is 17.9. The highest BCUT2D eigenvalue weighted by Crippen LogP contribution is 2.44. The molecule has 0 bridgehead atoms. The molecule has 0 aromatic heterocycles. The zero-order chi connectivity index (χ0) is 25.3. The summed E-state index contributed by atoms with van der Waals surface area (Å²) in [6.45, 7) is -0.116. The van der Waals surface area contributed by atoms with E-state index in [1.807, 2.05) is 48.5 Å². The SMILES string of the molecule is O=C(NC(Cc1ccc(C(F)(F)F)c(F)c1F)C(=O)O)OCC1c2ccccc2-c2ccccc21. The van der Waals surface area contributed by atoms with Gasteiger partial charge in [0.05, 0.1) is 5.56 Å². The number of nitrogens with one attached hydrogen (secondary N) is 1. The van der Waals surface area contributed by atoms with Gasteiger partial charge in [0.25, 0.3) is 0 Å². The van der Waals surface area contributed by atoms with E-state index in [0.717, 1.165) is 22.3 Å². The number of carbonyl (C=O) groups excluding carboxylic acids is 1. The first kappa shape index (κ1) is 24.2. The van der Waals surface area contributed by atoms with Crippen molar-refractivity contribution in [2.45, 2.75) is 24.6 Å². The molecule has 1 aliphatic carbocycles. The van der Waals surface area contributed by atoms with Crippen LogP contribution in [-0.2, 0) is 22.1 Å². The molecule has 0 heterocycles. The van der Waals surface area contributed by atoms with Gasteiger partial charge in [-0.3, -0.25) is 0 Å². The maximum atomic E-state index is 14.2. The minimum atomic E-state index is -5.12. The van der Waals surface area contributed by atoms with E-state index >= 15 is 0 Å². The van der Waals surface area contributed by atoms with Crippen LogP contribution in [0.5, 0.6) is 0 Å². The predicted molar refractivity (Wildman–Crippen MR) is 115 cm³/mol. The van der Waals surface area contributed by atoms with Crippen molar-refractivity contribution in [3.05, 3.63) is 94.6 Å². The van der Waals surface area contributed by atoms with Crippen molar-refractivity contribution < 1.29 is 41.4 Å². The normalized spacial score (nSPS) is 13.6.